The van der Waals surface area contributed by atoms with Gasteiger partial charge in [-0.3, -0.25) is 4.79 Å². The van der Waals surface area contributed by atoms with Crippen molar-refractivity contribution >= 4 is 5.91 Å². The molecular weight excluding hydrogens is 276 g/mol. The van der Waals surface area contributed by atoms with E-state index < -0.39 is 11.5 Å². The van der Waals surface area contributed by atoms with E-state index >= 15 is 0 Å². The first-order valence-corrected chi connectivity index (χ1v) is 9.08. The van der Waals surface area contributed by atoms with E-state index in [9.17, 15) is 9.90 Å². The number of aliphatic hydroxyl groups excluding tert-OH is 1. The second-order valence-electron chi connectivity index (χ2n) is 7.67. The van der Waals surface area contributed by atoms with Gasteiger partial charge in [-0.25, -0.2) is 0 Å². The number of nitrogens with two attached hydrogens (primary N) is 1. The van der Waals surface area contributed by atoms with Crippen molar-refractivity contribution in [2.24, 2.45) is 17.1 Å². The van der Waals surface area contributed by atoms with Crippen LogP contribution in [-0.2, 0) is 4.79 Å². The maximum atomic E-state index is 12.2. The monoisotopic (exact) mass is 312 g/mol. The maximum absolute atomic E-state index is 12.2. The molecule has 4 heteroatoms. The fourth-order valence-corrected chi connectivity index (χ4v) is 3.35. The minimum Gasteiger partial charge on any atom is -0.391 e. The predicted octanol–water partition coefficient (Wildman–Crippen LogP) is 2.98. The van der Waals surface area contributed by atoms with Crippen molar-refractivity contribution in [3.8, 4) is 0 Å². The van der Waals surface area contributed by atoms with Gasteiger partial charge in [0, 0.05) is 18.0 Å². The van der Waals surface area contributed by atoms with Crippen LogP contribution in [0.1, 0.15) is 78.6 Å². The van der Waals surface area contributed by atoms with Crippen molar-refractivity contribution < 1.29 is 9.90 Å². The van der Waals surface area contributed by atoms with Crippen LogP contribution in [0.5, 0.6) is 0 Å². The normalized spacial score (nSPS) is 19.7. The Morgan fingerprint density at radius 2 is 1.95 bits per heavy atom. The van der Waals surface area contributed by atoms with E-state index in [1.165, 1.54) is 32.1 Å². The highest BCUT2D eigenvalue weighted by Gasteiger charge is 2.33. The molecule has 1 rings (SSSR count). The Kier molecular flexibility index (Phi) is 8.40. The lowest BCUT2D eigenvalue weighted by atomic mass is 9.79. The highest BCUT2D eigenvalue weighted by molar-refractivity contribution is 5.81. The zero-order valence-corrected chi connectivity index (χ0v) is 14.7. The number of unbranched alkanes of at least 4 members (excludes halogenated alkanes) is 1. The van der Waals surface area contributed by atoms with Crippen LogP contribution in [0.4, 0.5) is 0 Å². The SMILES string of the molecule is CCCCNC(=O)C(C)(C)C[C@H](O)[C@@H](N)CC1CCCCC1. The molecule has 1 fully saturated rings. The zero-order chi connectivity index (χ0) is 16.6. The van der Waals surface area contributed by atoms with Gasteiger partial charge in [-0.2, -0.15) is 0 Å². The van der Waals surface area contributed by atoms with Gasteiger partial charge in [-0.15, -0.1) is 0 Å². The maximum Gasteiger partial charge on any atom is 0.225 e. The number of amides is 1. The molecule has 0 aromatic carbocycles. The number of nitrogens with one attached hydrogen (secondary N) is 1. The quantitative estimate of drug-likeness (QED) is 0.573. The van der Waals surface area contributed by atoms with Crippen LogP contribution in [0.25, 0.3) is 0 Å². The molecule has 0 bridgehead atoms. The molecule has 0 aliphatic heterocycles. The summed E-state index contributed by atoms with van der Waals surface area (Å²) in [7, 11) is 0. The summed E-state index contributed by atoms with van der Waals surface area (Å²) in [4.78, 5) is 12.2. The molecular formula is C18H36N2O2. The van der Waals surface area contributed by atoms with Gasteiger partial charge in [-0.05, 0) is 25.2 Å². The summed E-state index contributed by atoms with van der Waals surface area (Å²) in [5, 5.41) is 13.4. The standard InChI is InChI=1S/C18H36N2O2/c1-4-5-11-20-17(22)18(2,3)13-16(21)15(19)12-14-9-7-6-8-10-14/h14-16,21H,4-13,19H2,1-3H3,(H,20,22)/t15-,16-/m0/s1. The fraction of sp³-hybridized carbons (Fsp3) is 0.944. The highest BCUT2D eigenvalue weighted by atomic mass is 16.3. The summed E-state index contributed by atoms with van der Waals surface area (Å²) >= 11 is 0. The molecule has 1 aliphatic carbocycles. The van der Waals surface area contributed by atoms with Crippen LogP contribution in [0.2, 0.25) is 0 Å². The lowest BCUT2D eigenvalue weighted by Gasteiger charge is -2.31. The predicted molar refractivity (Wildman–Crippen MR) is 91.5 cm³/mol. The highest BCUT2D eigenvalue weighted by Crippen LogP contribution is 2.30. The van der Waals surface area contributed by atoms with Crippen molar-refractivity contribution in [2.45, 2.75) is 90.7 Å². The Labute approximate surface area is 136 Å². The largest absolute Gasteiger partial charge is 0.391 e. The number of hydrogen-bond acceptors (Lipinski definition) is 3. The first kappa shape index (κ1) is 19.4. The number of carbonyl (C=O) groups is 1. The third-order valence-electron chi connectivity index (χ3n) is 4.97. The van der Waals surface area contributed by atoms with E-state index in [0.29, 0.717) is 18.9 Å². The first-order chi connectivity index (χ1) is 10.4. The number of hydrogen-bond donors (Lipinski definition) is 3. The molecule has 0 aromatic heterocycles. The molecule has 2 atom stereocenters. The zero-order valence-electron chi connectivity index (χ0n) is 14.7. The van der Waals surface area contributed by atoms with Crippen molar-refractivity contribution in [2.75, 3.05) is 6.54 Å². The topological polar surface area (TPSA) is 75.3 Å². The van der Waals surface area contributed by atoms with Crippen LogP contribution in [0.3, 0.4) is 0 Å². The molecule has 0 heterocycles. The van der Waals surface area contributed by atoms with Gasteiger partial charge in [-0.1, -0.05) is 59.3 Å². The molecule has 130 valence electrons. The summed E-state index contributed by atoms with van der Waals surface area (Å²) in [5.41, 5.74) is 5.62. The Morgan fingerprint density at radius 1 is 1.32 bits per heavy atom. The Bertz CT molecular complexity index is 325. The minimum atomic E-state index is -0.603. The fourth-order valence-electron chi connectivity index (χ4n) is 3.35. The Balaban J connectivity index is 2.39. The van der Waals surface area contributed by atoms with Gasteiger partial charge < -0.3 is 16.2 Å². The smallest absolute Gasteiger partial charge is 0.225 e. The van der Waals surface area contributed by atoms with Crippen molar-refractivity contribution in [3.63, 3.8) is 0 Å². The Morgan fingerprint density at radius 3 is 2.55 bits per heavy atom. The van der Waals surface area contributed by atoms with Crippen LogP contribution in [0, 0.1) is 11.3 Å². The van der Waals surface area contributed by atoms with Crippen LogP contribution in [0.15, 0.2) is 0 Å². The van der Waals surface area contributed by atoms with E-state index in [1.54, 1.807) is 0 Å². The Hall–Kier alpha value is -0.610. The number of aliphatic hydroxyl groups is 1. The summed E-state index contributed by atoms with van der Waals surface area (Å²) in [6, 6.07) is -0.217. The van der Waals surface area contributed by atoms with Gasteiger partial charge in [0.05, 0.1) is 6.10 Å². The van der Waals surface area contributed by atoms with Crippen LogP contribution in [-0.4, -0.2) is 29.7 Å². The lowest BCUT2D eigenvalue weighted by molar-refractivity contribution is -0.131. The lowest BCUT2D eigenvalue weighted by Crippen LogP contribution is -2.44. The van der Waals surface area contributed by atoms with Gasteiger partial charge in [0.25, 0.3) is 0 Å². The van der Waals surface area contributed by atoms with Crippen molar-refractivity contribution in [1.82, 2.24) is 5.32 Å². The molecule has 0 radical (unpaired) electrons. The number of carbonyl (C=O) groups excluding carboxylic acids is 1. The molecule has 0 aromatic rings. The van der Waals surface area contributed by atoms with Gasteiger partial charge >= 0.3 is 0 Å². The molecule has 0 saturated heterocycles. The molecule has 4 nitrogen and oxygen atoms in total. The molecule has 0 unspecified atom stereocenters. The van der Waals surface area contributed by atoms with E-state index in [-0.39, 0.29) is 11.9 Å². The number of rotatable bonds is 9. The molecule has 4 N–H and O–H groups in total. The first-order valence-electron chi connectivity index (χ1n) is 9.08. The third kappa shape index (κ3) is 6.66. The van der Waals surface area contributed by atoms with Crippen LogP contribution < -0.4 is 11.1 Å². The van der Waals surface area contributed by atoms with Crippen molar-refractivity contribution in [3.05, 3.63) is 0 Å². The van der Waals surface area contributed by atoms with Crippen molar-refractivity contribution in [1.29, 1.82) is 0 Å². The second kappa shape index (κ2) is 9.51. The van der Waals surface area contributed by atoms with E-state index in [2.05, 4.69) is 12.2 Å². The summed E-state index contributed by atoms with van der Waals surface area (Å²) in [6.07, 6.45) is 9.16. The van der Waals surface area contributed by atoms with E-state index in [1.807, 2.05) is 13.8 Å². The summed E-state index contributed by atoms with van der Waals surface area (Å²) < 4.78 is 0. The summed E-state index contributed by atoms with van der Waals surface area (Å²) in [5.74, 6) is 0.671. The second-order valence-corrected chi connectivity index (χ2v) is 7.67. The molecule has 22 heavy (non-hydrogen) atoms. The molecule has 1 saturated carbocycles. The molecule has 0 spiro atoms. The summed E-state index contributed by atoms with van der Waals surface area (Å²) in [6.45, 7) is 6.60. The van der Waals surface area contributed by atoms with Gasteiger partial charge in [0.15, 0.2) is 0 Å². The van der Waals surface area contributed by atoms with Gasteiger partial charge in [0.2, 0.25) is 5.91 Å². The average Bonchev–Trinajstić information content (AvgIpc) is 2.47. The van der Waals surface area contributed by atoms with E-state index in [4.69, 9.17) is 5.73 Å². The van der Waals surface area contributed by atoms with E-state index in [0.717, 1.165) is 19.3 Å². The average molecular weight is 312 g/mol. The third-order valence-corrected chi connectivity index (χ3v) is 4.97. The van der Waals surface area contributed by atoms with Crippen LogP contribution >= 0.6 is 0 Å². The minimum absolute atomic E-state index is 0.0184. The van der Waals surface area contributed by atoms with Gasteiger partial charge in [0.1, 0.15) is 0 Å². The molecule has 1 aliphatic rings. The molecule has 1 amide bonds.